The number of hydrogen-bond donors (Lipinski definition) is 1. The lowest BCUT2D eigenvalue weighted by Gasteiger charge is -2.04. The van der Waals surface area contributed by atoms with Gasteiger partial charge in [-0.25, -0.2) is 0 Å². The van der Waals surface area contributed by atoms with Crippen molar-refractivity contribution in [2.45, 2.75) is 0 Å². The van der Waals surface area contributed by atoms with Crippen LogP contribution < -0.4 is 0 Å². The number of para-hydroxylation sites is 1. The van der Waals surface area contributed by atoms with Crippen molar-refractivity contribution in [3.63, 3.8) is 0 Å². The Morgan fingerprint density at radius 3 is 2.73 bits per heavy atom. The molecule has 0 unspecified atom stereocenters. The number of halogens is 1. The zero-order valence-electron chi connectivity index (χ0n) is 8.57. The monoisotopic (exact) mass is 225 g/mol. The molecule has 1 N–H and O–H groups in total. The highest BCUT2D eigenvalue weighted by Crippen LogP contribution is 2.27. The van der Waals surface area contributed by atoms with Crippen LogP contribution in [0.5, 0.6) is 5.75 Å². The Labute approximate surface area is 93.6 Å². The summed E-state index contributed by atoms with van der Waals surface area (Å²) in [5, 5.41) is 9.71. The average Bonchev–Trinajstić information content (AvgIpc) is 2.18. The van der Waals surface area contributed by atoms with Gasteiger partial charge in [-0.15, -0.1) is 0 Å². The van der Waals surface area contributed by atoms with Crippen LogP contribution in [0.3, 0.4) is 0 Å². The Morgan fingerprint density at radius 2 is 2.13 bits per heavy atom. The maximum atomic E-state index is 11.6. The molecule has 0 fully saturated rings. The summed E-state index contributed by atoms with van der Waals surface area (Å²) in [5.74, 6) is -0.448. The quantitative estimate of drug-likeness (QED) is 0.634. The smallest absolute Gasteiger partial charge is 0.191 e. The van der Waals surface area contributed by atoms with E-state index in [0.717, 1.165) is 0 Å². The lowest BCUT2D eigenvalue weighted by Crippen LogP contribution is -2.03. The number of benzene rings is 1. The highest BCUT2D eigenvalue weighted by Gasteiger charge is 2.10. The van der Waals surface area contributed by atoms with Crippen LogP contribution in [0, 0.1) is 0 Å². The van der Waals surface area contributed by atoms with Crippen molar-refractivity contribution in [3.8, 4) is 5.75 Å². The van der Waals surface area contributed by atoms with Crippen molar-refractivity contribution in [1.29, 1.82) is 0 Å². The molecular weight excluding hydrogens is 214 g/mol. The third-order valence-corrected chi connectivity index (χ3v) is 2.08. The van der Waals surface area contributed by atoms with Crippen molar-refractivity contribution in [1.82, 2.24) is 4.90 Å². The molecule has 0 saturated carbocycles. The molecular formula is C11H12ClNO2. The Morgan fingerprint density at radius 1 is 1.47 bits per heavy atom. The molecule has 0 heterocycles. The Kier molecular flexibility index (Phi) is 3.74. The second-order valence-corrected chi connectivity index (χ2v) is 3.69. The van der Waals surface area contributed by atoms with Gasteiger partial charge in [0.25, 0.3) is 0 Å². The lowest BCUT2D eigenvalue weighted by molar-refractivity contribution is 0.104. The fraction of sp³-hybridized carbons (Fsp3) is 0.182. The zero-order valence-corrected chi connectivity index (χ0v) is 9.32. The third-order valence-electron chi connectivity index (χ3n) is 1.78. The zero-order chi connectivity index (χ0) is 11.4. The summed E-state index contributed by atoms with van der Waals surface area (Å²) in [7, 11) is 3.61. The number of aromatic hydroxyl groups is 1. The summed E-state index contributed by atoms with van der Waals surface area (Å²) in [6.45, 7) is 0. The first-order valence-electron chi connectivity index (χ1n) is 4.39. The lowest BCUT2D eigenvalue weighted by atomic mass is 10.1. The minimum absolute atomic E-state index is 0.174. The van der Waals surface area contributed by atoms with Crippen LogP contribution in [-0.4, -0.2) is 29.9 Å². The second kappa shape index (κ2) is 4.84. The molecule has 80 valence electrons. The SMILES string of the molecule is CN(C)/C=C/C(=O)c1cccc(Cl)c1O. The minimum Gasteiger partial charge on any atom is -0.506 e. The molecule has 0 aliphatic rings. The topological polar surface area (TPSA) is 40.5 Å². The standard InChI is InChI=1S/C11H12ClNO2/c1-13(2)7-6-10(14)8-4-3-5-9(12)11(8)15/h3-7,15H,1-2H3/b7-6+. The first kappa shape index (κ1) is 11.6. The van der Waals surface area contributed by atoms with Gasteiger partial charge in [-0.1, -0.05) is 17.7 Å². The minimum atomic E-state index is -0.274. The summed E-state index contributed by atoms with van der Waals surface area (Å²) in [4.78, 5) is 13.3. The molecule has 0 radical (unpaired) electrons. The molecule has 0 saturated heterocycles. The first-order valence-corrected chi connectivity index (χ1v) is 4.76. The van der Waals surface area contributed by atoms with E-state index in [2.05, 4.69) is 0 Å². The normalized spacial score (nSPS) is 10.6. The summed E-state index contributed by atoms with van der Waals surface area (Å²) in [6.07, 6.45) is 2.99. The van der Waals surface area contributed by atoms with Gasteiger partial charge < -0.3 is 10.0 Å². The largest absolute Gasteiger partial charge is 0.506 e. The number of phenols is 1. The summed E-state index contributed by atoms with van der Waals surface area (Å²) in [6, 6.07) is 4.69. The Balaban J connectivity index is 2.97. The fourth-order valence-corrected chi connectivity index (χ4v) is 1.20. The van der Waals surface area contributed by atoms with Crippen LogP contribution in [0.2, 0.25) is 5.02 Å². The first-order chi connectivity index (χ1) is 7.02. The van der Waals surface area contributed by atoms with Gasteiger partial charge in [0.2, 0.25) is 0 Å². The van der Waals surface area contributed by atoms with Crippen LogP contribution in [0.4, 0.5) is 0 Å². The number of nitrogens with zero attached hydrogens (tertiary/aromatic N) is 1. The molecule has 15 heavy (non-hydrogen) atoms. The van der Waals surface area contributed by atoms with Gasteiger partial charge in [0.1, 0.15) is 5.75 Å². The van der Waals surface area contributed by atoms with Gasteiger partial charge in [0.05, 0.1) is 10.6 Å². The van der Waals surface area contributed by atoms with Gasteiger partial charge >= 0.3 is 0 Å². The maximum Gasteiger partial charge on any atom is 0.191 e. The molecule has 3 nitrogen and oxygen atoms in total. The predicted molar refractivity (Wildman–Crippen MR) is 60.3 cm³/mol. The van der Waals surface area contributed by atoms with Crippen molar-refractivity contribution in [2.24, 2.45) is 0 Å². The molecule has 4 heteroatoms. The molecule has 0 spiro atoms. The molecule has 1 aromatic carbocycles. The molecule has 0 atom stereocenters. The van der Waals surface area contributed by atoms with Gasteiger partial charge in [-0.2, -0.15) is 0 Å². The van der Waals surface area contributed by atoms with Crippen LogP contribution in [-0.2, 0) is 0 Å². The molecule has 0 aromatic heterocycles. The predicted octanol–water partition coefficient (Wildman–Crippen LogP) is 2.30. The Bertz CT molecular complexity index is 400. The number of hydrogen-bond acceptors (Lipinski definition) is 3. The van der Waals surface area contributed by atoms with E-state index in [9.17, 15) is 9.90 Å². The van der Waals surface area contributed by atoms with E-state index in [0.29, 0.717) is 0 Å². The maximum absolute atomic E-state index is 11.6. The van der Waals surface area contributed by atoms with Gasteiger partial charge in [0, 0.05) is 26.4 Å². The molecule has 0 aliphatic heterocycles. The average molecular weight is 226 g/mol. The van der Waals surface area contributed by atoms with Gasteiger partial charge in [0.15, 0.2) is 5.78 Å². The molecule has 1 rings (SSSR count). The van der Waals surface area contributed by atoms with Crippen LogP contribution in [0.25, 0.3) is 0 Å². The van der Waals surface area contributed by atoms with Crippen molar-refractivity contribution in [2.75, 3.05) is 14.1 Å². The summed E-state index contributed by atoms with van der Waals surface area (Å²) >= 11 is 5.68. The molecule has 0 amide bonds. The van der Waals surface area contributed by atoms with Crippen molar-refractivity contribution >= 4 is 17.4 Å². The van der Waals surface area contributed by atoms with E-state index >= 15 is 0 Å². The van der Waals surface area contributed by atoms with E-state index in [-0.39, 0.29) is 22.1 Å². The highest BCUT2D eigenvalue weighted by atomic mass is 35.5. The Hall–Kier alpha value is -1.48. The van der Waals surface area contributed by atoms with Gasteiger partial charge in [-0.05, 0) is 12.1 Å². The number of carbonyl (C=O) groups excluding carboxylic acids is 1. The van der Waals surface area contributed by atoms with E-state index < -0.39 is 0 Å². The second-order valence-electron chi connectivity index (χ2n) is 3.28. The highest BCUT2D eigenvalue weighted by molar-refractivity contribution is 6.32. The van der Waals surface area contributed by atoms with E-state index in [1.165, 1.54) is 18.2 Å². The molecule has 0 bridgehead atoms. The van der Waals surface area contributed by atoms with Crippen LogP contribution in [0.1, 0.15) is 10.4 Å². The fourth-order valence-electron chi connectivity index (χ4n) is 1.02. The number of rotatable bonds is 3. The number of carbonyl (C=O) groups is 1. The summed E-state index contributed by atoms with van der Waals surface area (Å²) < 4.78 is 0. The van der Waals surface area contributed by atoms with Crippen molar-refractivity contribution < 1.29 is 9.90 Å². The third kappa shape index (κ3) is 2.99. The molecule has 0 aliphatic carbocycles. The number of phenolic OH excluding ortho intramolecular Hbond substituents is 1. The van der Waals surface area contributed by atoms with Crippen LogP contribution >= 0.6 is 11.6 Å². The van der Waals surface area contributed by atoms with Crippen molar-refractivity contribution in [3.05, 3.63) is 41.1 Å². The van der Waals surface area contributed by atoms with Crippen LogP contribution in [0.15, 0.2) is 30.5 Å². The van der Waals surface area contributed by atoms with E-state index in [1.807, 2.05) is 14.1 Å². The number of ketones is 1. The van der Waals surface area contributed by atoms with Gasteiger partial charge in [-0.3, -0.25) is 4.79 Å². The summed E-state index contributed by atoms with van der Waals surface area (Å²) in [5.41, 5.74) is 0.209. The van der Waals surface area contributed by atoms with E-state index in [1.54, 1.807) is 17.2 Å². The molecule has 1 aromatic rings. The number of allylic oxidation sites excluding steroid dienone is 1. The van der Waals surface area contributed by atoms with E-state index in [4.69, 9.17) is 11.6 Å².